The van der Waals surface area contributed by atoms with Crippen LogP contribution in [0.5, 0.6) is 5.75 Å². The summed E-state index contributed by atoms with van der Waals surface area (Å²) in [7, 11) is -4.31. The first-order chi connectivity index (χ1) is 20.5. The average Bonchev–Trinajstić information content (AvgIpc) is 3.20. The van der Waals surface area contributed by atoms with Crippen molar-refractivity contribution in [1.82, 2.24) is 14.6 Å². The Hall–Kier alpha value is -3.45. The van der Waals surface area contributed by atoms with Crippen LogP contribution < -0.4 is 21.0 Å². The second kappa shape index (κ2) is 15.3. The van der Waals surface area contributed by atoms with Gasteiger partial charge < -0.3 is 24.8 Å². The number of esters is 1. The summed E-state index contributed by atoms with van der Waals surface area (Å²) in [5.74, 6) is -0.262. The molecule has 0 aliphatic carbocycles. The molecule has 236 valence electrons. The van der Waals surface area contributed by atoms with Crippen LogP contribution in [0, 0.1) is 5.92 Å². The molecule has 1 fully saturated rings. The predicted octanol–water partition coefficient (Wildman–Crippen LogP) is 4.09. The highest BCUT2D eigenvalue weighted by Gasteiger charge is 2.55. The van der Waals surface area contributed by atoms with Gasteiger partial charge in [-0.05, 0) is 56.3 Å². The monoisotopic (exact) mass is 621 g/mol. The Morgan fingerprint density at radius 2 is 1.98 bits per heavy atom. The van der Waals surface area contributed by atoms with Crippen molar-refractivity contribution in [2.24, 2.45) is 11.0 Å². The number of ether oxygens (including phenoxy) is 2. The summed E-state index contributed by atoms with van der Waals surface area (Å²) < 4.78 is 37.8. The summed E-state index contributed by atoms with van der Waals surface area (Å²) in [6.07, 6.45) is 0.984. The van der Waals surface area contributed by atoms with E-state index in [-0.39, 0.29) is 24.1 Å². The van der Waals surface area contributed by atoms with Gasteiger partial charge in [-0.3, -0.25) is 13.9 Å². The van der Waals surface area contributed by atoms with Crippen LogP contribution in [0.1, 0.15) is 59.6 Å². The summed E-state index contributed by atoms with van der Waals surface area (Å²) in [6.45, 7) is 6.69. The minimum Gasteiger partial charge on any atom is -0.464 e. The largest absolute Gasteiger partial charge is 0.464 e. The van der Waals surface area contributed by atoms with Crippen LogP contribution in [0.4, 0.5) is 5.82 Å². The molecule has 3 rings (SSSR count). The highest BCUT2D eigenvalue weighted by molar-refractivity contribution is 7.52. The van der Waals surface area contributed by atoms with Crippen LogP contribution in [0.3, 0.4) is 0 Å². The number of carbonyl (C=O) groups excluding carboxylic acids is 1. The number of hydrogen-bond donors (Lipinski definition) is 3. The zero-order chi connectivity index (χ0) is 31.6. The molecule has 1 aliphatic rings. The number of nitrogens with zero attached hydrogens (tertiary/aromatic N) is 5. The number of aliphatic hydroxyl groups is 1. The number of hydrogen-bond acceptors (Lipinski definition) is 11. The molecule has 1 aromatic heterocycles. The second-order valence-corrected chi connectivity index (χ2v) is 12.2. The summed E-state index contributed by atoms with van der Waals surface area (Å²) in [4.78, 5) is 31.8. The molecule has 2 heterocycles. The zero-order valence-electron chi connectivity index (χ0n) is 24.7. The fraction of sp³-hybridized carbons (Fsp3) is 0.593. The molecule has 1 aliphatic heterocycles. The maximum absolute atomic E-state index is 14.0. The molecule has 4 N–H and O–H groups in total. The second-order valence-electron chi connectivity index (χ2n) is 10.6. The van der Waals surface area contributed by atoms with Gasteiger partial charge in [0.05, 0.1) is 19.3 Å². The number of nitrogen functional groups attached to an aromatic ring is 1. The summed E-state index contributed by atoms with van der Waals surface area (Å²) in [5, 5.41) is 17.4. The first-order valence-electron chi connectivity index (χ1n) is 14.1. The Morgan fingerprint density at radius 3 is 2.58 bits per heavy atom. The van der Waals surface area contributed by atoms with E-state index in [1.54, 1.807) is 30.3 Å². The predicted molar refractivity (Wildman–Crippen MR) is 158 cm³/mol. The number of aliphatic hydroxyl groups excluding tert-OH is 1. The van der Waals surface area contributed by atoms with Crippen LogP contribution in [-0.2, 0) is 23.4 Å². The third-order valence-electron chi connectivity index (χ3n) is 7.06. The van der Waals surface area contributed by atoms with E-state index in [0.29, 0.717) is 0 Å². The molecule has 0 amide bonds. The molecule has 15 nitrogen and oxygen atoms in total. The van der Waals surface area contributed by atoms with E-state index in [0.717, 1.165) is 30.3 Å². The molecule has 0 radical (unpaired) electrons. The number of azide groups is 1. The lowest BCUT2D eigenvalue weighted by atomic mass is 9.93. The van der Waals surface area contributed by atoms with Crippen molar-refractivity contribution < 1.29 is 33.0 Å². The van der Waals surface area contributed by atoms with Crippen LogP contribution in [0.2, 0.25) is 0 Å². The number of nitrogens with two attached hydrogens (primary N) is 1. The van der Waals surface area contributed by atoms with Crippen molar-refractivity contribution in [3.63, 3.8) is 0 Å². The highest BCUT2D eigenvalue weighted by atomic mass is 31.2. The summed E-state index contributed by atoms with van der Waals surface area (Å²) in [5.41, 5.74) is 12.3. The molecule has 1 saturated heterocycles. The van der Waals surface area contributed by atoms with E-state index < -0.39 is 56.0 Å². The number of para-hydroxylation sites is 1. The average molecular weight is 622 g/mol. The molecular formula is C27H40N7O8P. The molecule has 1 unspecified atom stereocenters. The van der Waals surface area contributed by atoms with Crippen molar-refractivity contribution in [3.8, 4) is 5.75 Å². The van der Waals surface area contributed by atoms with Crippen LogP contribution in [0.25, 0.3) is 10.4 Å². The molecule has 0 spiro atoms. The number of aromatic nitrogens is 2. The highest BCUT2D eigenvalue weighted by Crippen LogP contribution is 2.47. The molecule has 1 aromatic carbocycles. The fourth-order valence-corrected chi connectivity index (χ4v) is 6.31. The van der Waals surface area contributed by atoms with E-state index in [2.05, 4.69) is 33.9 Å². The standard InChI is InChI=1S/C27H40N7O8P/c1-5-10-19(11-6-2)16-39-24(36)18(3)31-43(38,42-20-12-8-7-9-13-20)40-17-21-23(35)27(4,32-33-29)25(41-21)34-15-14-22(28)30-26(34)37/h7-9,12-15,18-19,21,23,25,35H,5-6,10-11,16-17H2,1-4H3,(H,31,38)(H2,28,30,37)/t18-,21+,23+,25+,27+,43?/m0/s1. The van der Waals surface area contributed by atoms with E-state index in [1.807, 2.05) is 0 Å². The van der Waals surface area contributed by atoms with Crippen molar-refractivity contribution in [2.45, 2.75) is 83.4 Å². The van der Waals surface area contributed by atoms with Gasteiger partial charge in [0.15, 0.2) is 6.23 Å². The van der Waals surface area contributed by atoms with Gasteiger partial charge in [-0.15, -0.1) is 0 Å². The lowest BCUT2D eigenvalue weighted by Gasteiger charge is -2.28. The summed E-state index contributed by atoms with van der Waals surface area (Å²) in [6, 6.07) is 8.43. The van der Waals surface area contributed by atoms with Crippen molar-refractivity contribution in [3.05, 3.63) is 63.5 Å². The van der Waals surface area contributed by atoms with Crippen molar-refractivity contribution in [2.75, 3.05) is 18.9 Å². The Balaban J connectivity index is 1.79. The number of rotatable bonds is 16. The lowest BCUT2D eigenvalue weighted by molar-refractivity contribution is -0.146. The third kappa shape index (κ3) is 8.79. The smallest absolute Gasteiger partial charge is 0.459 e. The Labute approximate surface area is 249 Å². The first-order valence-corrected chi connectivity index (χ1v) is 15.7. The Kier molecular flexibility index (Phi) is 12.1. The minimum absolute atomic E-state index is 0.0332. The van der Waals surface area contributed by atoms with Crippen molar-refractivity contribution >= 4 is 19.5 Å². The molecule has 0 saturated carbocycles. The maximum Gasteiger partial charge on any atom is 0.459 e. The lowest BCUT2D eigenvalue weighted by Crippen LogP contribution is -2.45. The molecule has 16 heteroatoms. The van der Waals surface area contributed by atoms with Crippen molar-refractivity contribution in [1.29, 1.82) is 0 Å². The van der Waals surface area contributed by atoms with E-state index in [9.17, 15) is 24.8 Å². The van der Waals surface area contributed by atoms with E-state index in [1.165, 1.54) is 26.1 Å². The molecule has 43 heavy (non-hydrogen) atoms. The van der Waals surface area contributed by atoms with Gasteiger partial charge in [-0.2, -0.15) is 10.1 Å². The van der Waals surface area contributed by atoms with Gasteiger partial charge in [-0.1, -0.05) is 50.0 Å². The van der Waals surface area contributed by atoms with Gasteiger partial charge in [0.1, 0.15) is 29.3 Å². The third-order valence-corrected chi connectivity index (χ3v) is 8.70. The van der Waals surface area contributed by atoms with Gasteiger partial charge in [-0.25, -0.2) is 9.36 Å². The minimum atomic E-state index is -4.31. The normalized spacial score (nSPS) is 23.7. The number of benzene rings is 1. The molecule has 6 atom stereocenters. The SMILES string of the molecule is CCCC(CCC)COC(=O)[C@H](C)NP(=O)(OC[C@H]1O[C@@H](n2ccc(N)nc2=O)[C@](C)(N=[N+]=[N-])[C@@H]1O)Oc1ccccc1. The summed E-state index contributed by atoms with van der Waals surface area (Å²) >= 11 is 0. The van der Waals surface area contributed by atoms with E-state index >= 15 is 0 Å². The number of anilines is 1. The topological polar surface area (TPSA) is 213 Å². The van der Waals surface area contributed by atoms with Gasteiger partial charge >= 0.3 is 19.4 Å². The molecule has 0 bridgehead atoms. The number of carbonyl (C=O) groups is 1. The molecular weight excluding hydrogens is 581 g/mol. The zero-order valence-corrected chi connectivity index (χ0v) is 25.6. The quantitative estimate of drug-likeness (QED) is 0.0798. The van der Waals surface area contributed by atoms with Gasteiger partial charge in [0.25, 0.3) is 0 Å². The number of nitrogens with one attached hydrogen (secondary N) is 1. The van der Waals surface area contributed by atoms with Gasteiger partial charge in [0, 0.05) is 11.1 Å². The van der Waals surface area contributed by atoms with Gasteiger partial charge in [0.2, 0.25) is 0 Å². The Morgan fingerprint density at radius 1 is 1.30 bits per heavy atom. The first kappa shape index (κ1) is 34.0. The Bertz CT molecular complexity index is 1370. The molecule has 2 aromatic rings. The van der Waals surface area contributed by atoms with Crippen LogP contribution >= 0.6 is 7.75 Å². The fourth-order valence-electron chi connectivity index (χ4n) is 4.81. The van der Waals surface area contributed by atoms with Crippen LogP contribution in [0.15, 0.2) is 52.5 Å². The van der Waals surface area contributed by atoms with E-state index in [4.69, 9.17) is 24.3 Å². The maximum atomic E-state index is 14.0. The van der Waals surface area contributed by atoms with Crippen LogP contribution in [-0.4, -0.2) is 57.6 Å².